The first kappa shape index (κ1) is 16.5. The molecule has 0 saturated heterocycles. The number of nitrogens with zero attached hydrogens (tertiary/aromatic N) is 5. The van der Waals surface area contributed by atoms with Crippen LogP contribution in [0.4, 0.5) is 5.82 Å². The lowest BCUT2D eigenvalue weighted by molar-refractivity contribution is 0.924. The molecule has 0 amide bonds. The maximum atomic E-state index is 6.04. The Morgan fingerprint density at radius 1 is 1.08 bits per heavy atom. The number of nitrogens with one attached hydrogen (secondary N) is 1. The second-order valence-electron chi connectivity index (χ2n) is 6.07. The van der Waals surface area contributed by atoms with Crippen molar-refractivity contribution < 1.29 is 0 Å². The predicted molar refractivity (Wildman–Crippen MR) is 102 cm³/mol. The highest BCUT2D eigenvalue weighted by atomic mass is 35.5. The number of aryl methyl sites for hydroxylation is 2. The Kier molecular flexibility index (Phi) is 4.26. The molecule has 3 aromatic heterocycles. The van der Waals surface area contributed by atoms with Crippen LogP contribution in [0.15, 0.2) is 48.9 Å². The normalized spacial score (nSPS) is 11.0. The van der Waals surface area contributed by atoms with Gasteiger partial charge in [0.1, 0.15) is 11.6 Å². The van der Waals surface area contributed by atoms with Gasteiger partial charge in [0.2, 0.25) is 0 Å². The Hall–Kier alpha value is -2.99. The molecular weight excluding hydrogens is 348 g/mol. The molecule has 0 radical (unpaired) electrons. The van der Waals surface area contributed by atoms with Gasteiger partial charge in [-0.1, -0.05) is 17.7 Å². The Labute approximate surface area is 155 Å². The van der Waals surface area contributed by atoms with Crippen molar-refractivity contribution in [2.75, 3.05) is 5.32 Å². The summed E-state index contributed by atoms with van der Waals surface area (Å²) < 4.78 is 1.78. The van der Waals surface area contributed by atoms with Crippen LogP contribution in [0.1, 0.15) is 17.0 Å². The topological polar surface area (TPSA) is 68.0 Å². The van der Waals surface area contributed by atoms with Gasteiger partial charge < -0.3 is 5.32 Å². The van der Waals surface area contributed by atoms with Crippen LogP contribution < -0.4 is 5.32 Å². The SMILES string of the molecule is Cc1ncc(-c2cc(NCc3ccc(Cl)cc3C)n3nccc3n2)cn1. The van der Waals surface area contributed by atoms with Gasteiger partial charge in [0.15, 0.2) is 5.65 Å². The monoisotopic (exact) mass is 364 g/mol. The number of benzene rings is 1. The molecule has 0 unspecified atom stereocenters. The van der Waals surface area contributed by atoms with E-state index in [4.69, 9.17) is 11.6 Å². The highest BCUT2D eigenvalue weighted by Crippen LogP contribution is 2.22. The fraction of sp³-hybridized carbons (Fsp3) is 0.158. The van der Waals surface area contributed by atoms with Crippen LogP contribution in [-0.2, 0) is 6.54 Å². The fourth-order valence-corrected chi connectivity index (χ4v) is 2.98. The van der Waals surface area contributed by atoms with E-state index < -0.39 is 0 Å². The molecule has 0 fully saturated rings. The molecule has 130 valence electrons. The number of rotatable bonds is 4. The zero-order valence-electron chi connectivity index (χ0n) is 14.4. The zero-order chi connectivity index (χ0) is 18.1. The van der Waals surface area contributed by atoms with Gasteiger partial charge >= 0.3 is 0 Å². The Morgan fingerprint density at radius 3 is 2.65 bits per heavy atom. The number of hydrogen-bond donors (Lipinski definition) is 1. The van der Waals surface area contributed by atoms with E-state index in [9.17, 15) is 0 Å². The molecule has 26 heavy (non-hydrogen) atoms. The molecule has 6 nitrogen and oxygen atoms in total. The summed E-state index contributed by atoms with van der Waals surface area (Å²) in [6, 6.07) is 9.72. The van der Waals surface area contributed by atoms with Gasteiger partial charge in [-0.3, -0.25) is 0 Å². The van der Waals surface area contributed by atoms with Crippen LogP contribution in [-0.4, -0.2) is 24.6 Å². The lowest BCUT2D eigenvalue weighted by atomic mass is 10.1. The number of aromatic nitrogens is 5. The molecule has 1 aromatic carbocycles. The second kappa shape index (κ2) is 6.72. The first-order chi connectivity index (χ1) is 12.6. The number of fused-ring (bicyclic) bond motifs is 1. The molecule has 4 rings (SSSR count). The predicted octanol–water partition coefficient (Wildman–Crippen LogP) is 4.07. The number of hydrogen-bond acceptors (Lipinski definition) is 5. The van der Waals surface area contributed by atoms with E-state index in [1.54, 1.807) is 23.1 Å². The molecule has 0 aliphatic heterocycles. The first-order valence-corrected chi connectivity index (χ1v) is 8.61. The van der Waals surface area contributed by atoms with Gasteiger partial charge in [0.05, 0.1) is 11.9 Å². The van der Waals surface area contributed by atoms with E-state index in [-0.39, 0.29) is 0 Å². The lowest BCUT2D eigenvalue weighted by Crippen LogP contribution is -2.07. The third-order valence-corrected chi connectivity index (χ3v) is 4.44. The summed E-state index contributed by atoms with van der Waals surface area (Å²) in [4.78, 5) is 13.2. The summed E-state index contributed by atoms with van der Waals surface area (Å²) in [7, 11) is 0. The lowest BCUT2D eigenvalue weighted by Gasteiger charge is -2.12. The maximum absolute atomic E-state index is 6.04. The summed E-state index contributed by atoms with van der Waals surface area (Å²) in [6.07, 6.45) is 5.30. The largest absolute Gasteiger partial charge is 0.366 e. The minimum absolute atomic E-state index is 0.659. The second-order valence-corrected chi connectivity index (χ2v) is 6.51. The van der Waals surface area contributed by atoms with Crippen molar-refractivity contribution in [1.82, 2.24) is 24.6 Å². The van der Waals surface area contributed by atoms with Crippen LogP contribution >= 0.6 is 11.6 Å². The van der Waals surface area contributed by atoms with Crippen molar-refractivity contribution >= 4 is 23.1 Å². The van der Waals surface area contributed by atoms with Crippen molar-refractivity contribution in [2.24, 2.45) is 0 Å². The minimum atomic E-state index is 0.659. The van der Waals surface area contributed by atoms with Crippen molar-refractivity contribution in [3.8, 4) is 11.3 Å². The van der Waals surface area contributed by atoms with Crippen molar-refractivity contribution in [1.29, 1.82) is 0 Å². The molecule has 0 saturated carbocycles. The van der Waals surface area contributed by atoms with E-state index >= 15 is 0 Å². The third-order valence-electron chi connectivity index (χ3n) is 4.20. The number of anilines is 1. The van der Waals surface area contributed by atoms with Gasteiger partial charge in [0.25, 0.3) is 0 Å². The summed E-state index contributed by atoms with van der Waals surface area (Å²) in [6.45, 7) is 4.57. The van der Waals surface area contributed by atoms with E-state index in [1.807, 2.05) is 44.2 Å². The average Bonchev–Trinajstić information content (AvgIpc) is 3.10. The van der Waals surface area contributed by atoms with Gasteiger partial charge in [-0.05, 0) is 37.1 Å². The smallest absolute Gasteiger partial charge is 0.157 e. The fourth-order valence-electron chi connectivity index (χ4n) is 2.76. The van der Waals surface area contributed by atoms with Crippen LogP contribution in [0.3, 0.4) is 0 Å². The van der Waals surface area contributed by atoms with Crippen molar-refractivity contribution in [2.45, 2.75) is 20.4 Å². The number of halogens is 1. The molecular formula is C19H17ClN6. The van der Waals surface area contributed by atoms with E-state index in [0.717, 1.165) is 39.1 Å². The van der Waals surface area contributed by atoms with Crippen LogP contribution in [0, 0.1) is 13.8 Å². The molecule has 7 heteroatoms. The molecule has 0 aliphatic rings. The Morgan fingerprint density at radius 2 is 1.88 bits per heavy atom. The highest BCUT2D eigenvalue weighted by Gasteiger charge is 2.09. The molecule has 4 aromatic rings. The van der Waals surface area contributed by atoms with E-state index in [0.29, 0.717) is 6.54 Å². The molecule has 0 atom stereocenters. The van der Waals surface area contributed by atoms with E-state index in [2.05, 4.69) is 25.4 Å². The summed E-state index contributed by atoms with van der Waals surface area (Å²) in [5.74, 6) is 1.58. The molecule has 0 spiro atoms. The van der Waals surface area contributed by atoms with Gasteiger partial charge in [-0.2, -0.15) is 9.61 Å². The Balaban J connectivity index is 1.69. The third kappa shape index (κ3) is 3.23. The average molecular weight is 365 g/mol. The quantitative estimate of drug-likeness (QED) is 0.591. The Bertz CT molecular complexity index is 1070. The summed E-state index contributed by atoms with van der Waals surface area (Å²) in [5, 5.41) is 8.55. The molecule has 0 bridgehead atoms. The van der Waals surface area contributed by atoms with E-state index in [1.165, 1.54) is 5.56 Å². The van der Waals surface area contributed by atoms with Crippen molar-refractivity contribution in [3.05, 3.63) is 70.9 Å². The van der Waals surface area contributed by atoms with Crippen LogP contribution in [0.5, 0.6) is 0 Å². The molecule has 0 aliphatic carbocycles. The van der Waals surface area contributed by atoms with Gasteiger partial charge in [-0.25, -0.2) is 15.0 Å². The minimum Gasteiger partial charge on any atom is -0.366 e. The highest BCUT2D eigenvalue weighted by molar-refractivity contribution is 6.30. The van der Waals surface area contributed by atoms with Crippen molar-refractivity contribution in [3.63, 3.8) is 0 Å². The zero-order valence-corrected chi connectivity index (χ0v) is 15.2. The van der Waals surface area contributed by atoms with Gasteiger partial charge in [0, 0.05) is 41.7 Å². The molecule has 3 heterocycles. The summed E-state index contributed by atoms with van der Waals surface area (Å²) >= 11 is 6.04. The first-order valence-electron chi connectivity index (χ1n) is 8.23. The molecule has 1 N–H and O–H groups in total. The van der Waals surface area contributed by atoms with Crippen LogP contribution in [0.25, 0.3) is 16.9 Å². The summed E-state index contributed by atoms with van der Waals surface area (Å²) in [5.41, 5.74) is 4.74. The van der Waals surface area contributed by atoms with Gasteiger partial charge in [-0.15, -0.1) is 0 Å². The van der Waals surface area contributed by atoms with Crippen LogP contribution in [0.2, 0.25) is 5.02 Å². The standard InChI is InChI=1S/C19H17ClN6/c1-12-7-16(20)4-3-14(12)9-23-19-8-17(15-10-21-13(2)22-11-15)25-18-5-6-24-26(18)19/h3-8,10-11,23H,9H2,1-2H3. The maximum Gasteiger partial charge on any atom is 0.157 e.